The van der Waals surface area contributed by atoms with Crippen LogP contribution in [0.5, 0.6) is 0 Å². The van der Waals surface area contributed by atoms with E-state index in [1.165, 1.54) is 4.90 Å². The monoisotopic (exact) mass is 179 g/mol. The topological polar surface area (TPSA) is 60.8 Å². The SMILES string of the molecule is O=C(BCl)N(CCO)CCO. The van der Waals surface area contributed by atoms with E-state index >= 15 is 0 Å². The van der Waals surface area contributed by atoms with E-state index in [-0.39, 0.29) is 38.8 Å². The van der Waals surface area contributed by atoms with E-state index in [0.29, 0.717) is 0 Å². The number of carbonyl (C=O) groups excluding carboxylic acids is 1. The van der Waals surface area contributed by atoms with Crippen LogP contribution in [0.1, 0.15) is 0 Å². The molecule has 0 fully saturated rings. The Balaban J connectivity index is 3.76. The van der Waals surface area contributed by atoms with Crippen molar-refractivity contribution >= 4 is 24.0 Å². The first-order valence-electron chi connectivity index (χ1n) is 3.31. The highest BCUT2D eigenvalue weighted by Gasteiger charge is 2.10. The fraction of sp³-hybridized carbons (Fsp3) is 0.800. The number of halogens is 1. The summed E-state index contributed by atoms with van der Waals surface area (Å²) in [4.78, 5) is 12.2. The highest BCUT2D eigenvalue weighted by Crippen LogP contribution is 1.91. The zero-order valence-corrected chi connectivity index (χ0v) is 6.92. The molecule has 0 aliphatic rings. The molecule has 0 radical (unpaired) electrons. The molecule has 0 rings (SSSR count). The van der Waals surface area contributed by atoms with Crippen molar-refractivity contribution in [3.05, 3.63) is 0 Å². The largest absolute Gasteiger partial charge is 0.395 e. The first-order chi connectivity index (χ1) is 5.26. The summed E-state index contributed by atoms with van der Waals surface area (Å²) in [5.74, 6) is -0.269. The quantitative estimate of drug-likeness (QED) is 0.531. The molecular formula is C5H11BClNO3. The van der Waals surface area contributed by atoms with Gasteiger partial charge in [0.1, 0.15) is 0 Å². The van der Waals surface area contributed by atoms with Crippen molar-refractivity contribution in [1.82, 2.24) is 4.90 Å². The highest BCUT2D eigenvalue weighted by atomic mass is 35.5. The molecule has 0 saturated carbocycles. The summed E-state index contributed by atoms with van der Waals surface area (Å²) >= 11 is 5.26. The minimum atomic E-state index is -0.269. The predicted molar refractivity (Wildman–Crippen MR) is 44.1 cm³/mol. The smallest absolute Gasteiger partial charge is 0.338 e. The molecule has 6 heteroatoms. The van der Waals surface area contributed by atoms with Crippen LogP contribution in [0.15, 0.2) is 0 Å². The minimum absolute atomic E-state index is 0.109. The molecule has 4 nitrogen and oxygen atoms in total. The molecule has 0 spiro atoms. The van der Waals surface area contributed by atoms with Gasteiger partial charge in [-0.15, -0.1) is 0 Å². The van der Waals surface area contributed by atoms with E-state index in [2.05, 4.69) is 0 Å². The zero-order valence-electron chi connectivity index (χ0n) is 6.16. The summed E-state index contributed by atoms with van der Waals surface area (Å²) in [6.45, 7) is 0.128. The molecule has 0 heterocycles. The molecule has 2 N–H and O–H groups in total. The third-order valence-corrected chi connectivity index (χ3v) is 1.44. The van der Waals surface area contributed by atoms with Gasteiger partial charge in [-0.25, -0.2) is 0 Å². The Hall–Kier alpha value is -0.255. The number of nitrogens with zero attached hydrogens (tertiary/aromatic N) is 1. The van der Waals surface area contributed by atoms with Crippen LogP contribution in [0.2, 0.25) is 0 Å². The van der Waals surface area contributed by atoms with E-state index in [1.807, 2.05) is 0 Å². The lowest BCUT2D eigenvalue weighted by Gasteiger charge is -2.18. The van der Waals surface area contributed by atoms with Gasteiger partial charge in [0.05, 0.1) is 13.2 Å². The van der Waals surface area contributed by atoms with Crippen LogP contribution in [-0.2, 0) is 0 Å². The Kier molecular flexibility index (Phi) is 6.31. The van der Waals surface area contributed by atoms with E-state index in [9.17, 15) is 4.79 Å². The molecule has 0 atom stereocenters. The molecular weight excluding hydrogens is 168 g/mol. The van der Waals surface area contributed by atoms with E-state index in [4.69, 9.17) is 21.7 Å². The van der Waals surface area contributed by atoms with Gasteiger partial charge in [-0.3, -0.25) is 4.79 Å². The van der Waals surface area contributed by atoms with Gasteiger partial charge in [0.25, 0.3) is 0 Å². The Bertz CT molecular complexity index is 118. The third kappa shape index (κ3) is 4.24. The molecule has 11 heavy (non-hydrogen) atoms. The van der Waals surface area contributed by atoms with Gasteiger partial charge >= 0.3 is 6.69 Å². The minimum Gasteiger partial charge on any atom is -0.395 e. The number of aliphatic hydroxyl groups is 2. The van der Waals surface area contributed by atoms with Crippen molar-refractivity contribution in [2.24, 2.45) is 0 Å². The zero-order chi connectivity index (χ0) is 8.69. The average Bonchev–Trinajstić information content (AvgIpc) is 2.03. The van der Waals surface area contributed by atoms with Crippen molar-refractivity contribution < 1.29 is 15.0 Å². The van der Waals surface area contributed by atoms with Crippen LogP contribution in [0.25, 0.3) is 0 Å². The van der Waals surface area contributed by atoms with Crippen LogP contribution in [0.3, 0.4) is 0 Å². The van der Waals surface area contributed by atoms with Crippen LogP contribution < -0.4 is 0 Å². The molecule has 0 saturated heterocycles. The molecule has 0 unspecified atom stereocenters. The lowest BCUT2D eigenvalue weighted by molar-refractivity contribution is 0.174. The molecule has 0 aromatic carbocycles. The van der Waals surface area contributed by atoms with Gasteiger partial charge < -0.3 is 15.1 Å². The first-order valence-corrected chi connectivity index (χ1v) is 3.85. The van der Waals surface area contributed by atoms with Gasteiger partial charge in [-0.05, 0) is 0 Å². The lowest BCUT2D eigenvalue weighted by atomic mass is 10.1. The van der Waals surface area contributed by atoms with Gasteiger partial charge in [-0.1, -0.05) is 0 Å². The Morgan fingerprint density at radius 3 is 2.09 bits per heavy atom. The van der Waals surface area contributed by atoms with E-state index < -0.39 is 0 Å². The summed E-state index contributed by atoms with van der Waals surface area (Å²) < 4.78 is 0. The second kappa shape index (κ2) is 6.45. The average molecular weight is 179 g/mol. The summed E-state index contributed by atoms with van der Waals surface area (Å²) in [5, 5.41) is 17.0. The molecule has 0 aromatic rings. The van der Waals surface area contributed by atoms with E-state index in [0.717, 1.165) is 0 Å². The van der Waals surface area contributed by atoms with Crippen LogP contribution in [-0.4, -0.2) is 53.9 Å². The lowest BCUT2D eigenvalue weighted by Crippen LogP contribution is -2.36. The van der Waals surface area contributed by atoms with Crippen LogP contribution >= 0.6 is 11.5 Å². The molecule has 64 valence electrons. The van der Waals surface area contributed by atoms with Crippen molar-refractivity contribution in [2.75, 3.05) is 26.3 Å². The summed E-state index contributed by atoms with van der Waals surface area (Å²) in [6, 6.07) is 0. The Morgan fingerprint density at radius 2 is 1.82 bits per heavy atom. The van der Waals surface area contributed by atoms with Gasteiger partial charge in [0, 0.05) is 13.1 Å². The number of hydrogen-bond acceptors (Lipinski definition) is 3. The molecule has 0 bridgehead atoms. The normalized spacial score (nSPS) is 9.36. The summed E-state index contributed by atoms with van der Waals surface area (Å²) in [5.41, 5.74) is 0. The highest BCUT2D eigenvalue weighted by molar-refractivity contribution is 7.11. The maximum atomic E-state index is 10.9. The predicted octanol–water partition coefficient (Wildman–Crippen LogP) is -1.02. The maximum Gasteiger partial charge on any atom is 0.338 e. The number of rotatable bonds is 5. The summed E-state index contributed by atoms with van der Waals surface area (Å²) in [6.07, 6.45) is 0. The van der Waals surface area contributed by atoms with Crippen LogP contribution in [0.4, 0.5) is 4.79 Å². The second-order valence-corrected chi connectivity index (χ2v) is 2.23. The van der Waals surface area contributed by atoms with E-state index in [1.54, 1.807) is 0 Å². The molecule has 0 aromatic heterocycles. The van der Waals surface area contributed by atoms with Gasteiger partial charge in [-0.2, -0.15) is 11.5 Å². The fourth-order valence-electron chi connectivity index (χ4n) is 0.687. The summed E-state index contributed by atoms with van der Waals surface area (Å²) in [7, 11) is 0. The standard InChI is InChI=1S/C5H11BClNO3/c7-6-5(11)8(1-3-9)2-4-10/h6,9-10H,1-4H2. The fourth-order valence-corrected chi connectivity index (χ4v) is 0.856. The Labute approximate surface area is 70.9 Å². The van der Waals surface area contributed by atoms with Crippen molar-refractivity contribution in [3.8, 4) is 0 Å². The first kappa shape index (κ1) is 10.7. The van der Waals surface area contributed by atoms with Crippen LogP contribution in [0, 0.1) is 0 Å². The third-order valence-electron chi connectivity index (χ3n) is 1.21. The van der Waals surface area contributed by atoms with Crippen molar-refractivity contribution in [2.45, 2.75) is 0 Å². The Morgan fingerprint density at radius 1 is 1.36 bits per heavy atom. The van der Waals surface area contributed by atoms with Gasteiger partial charge in [0.15, 0.2) is 5.81 Å². The molecule has 0 aliphatic heterocycles. The molecule has 0 aliphatic carbocycles. The second-order valence-electron chi connectivity index (χ2n) is 1.96. The van der Waals surface area contributed by atoms with Crippen molar-refractivity contribution in [1.29, 1.82) is 0 Å². The number of carbonyl (C=O) groups is 1. The number of amides is 1. The van der Waals surface area contributed by atoms with Crippen molar-refractivity contribution in [3.63, 3.8) is 0 Å². The maximum absolute atomic E-state index is 10.9. The number of hydrogen-bond donors (Lipinski definition) is 2. The van der Waals surface area contributed by atoms with Gasteiger partial charge in [0.2, 0.25) is 0 Å². The molecule has 1 amide bonds. The number of aliphatic hydroxyl groups excluding tert-OH is 2.